The Morgan fingerprint density at radius 1 is 1.22 bits per heavy atom. The maximum Gasteiger partial charge on any atom is 0.349 e. The number of aryl methyl sites for hydroxylation is 3. The molecule has 2 aromatic rings. The molecule has 1 aliphatic heterocycles. The number of ether oxygens (including phenoxy) is 1. The minimum absolute atomic E-state index is 0.0595. The van der Waals surface area contributed by atoms with Crippen LogP contribution in [0.4, 0.5) is 0 Å². The number of benzene rings is 1. The quantitative estimate of drug-likeness (QED) is 0.869. The molecule has 3 rings (SSSR count). The highest BCUT2D eigenvalue weighted by Crippen LogP contribution is 2.16. The Kier molecular flexibility index (Phi) is 6.08. The zero-order chi connectivity index (χ0) is 19.4. The van der Waals surface area contributed by atoms with Crippen LogP contribution in [-0.2, 0) is 17.6 Å². The van der Waals surface area contributed by atoms with Gasteiger partial charge in [-0.05, 0) is 37.5 Å². The summed E-state index contributed by atoms with van der Waals surface area (Å²) in [6, 6.07) is 11.7. The third-order valence-corrected chi connectivity index (χ3v) is 4.73. The summed E-state index contributed by atoms with van der Waals surface area (Å²) in [5.41, 5.74) is 1.22. The summed E-state index contributed by atoms with van der Waals surface area (Å²) in [4.78, 5) is 26.9. The molecule has 0 bridgehead atoms. The van der Waals surface area contributed by atoms with Crippen LogP contribution in [0.3, 0.4) is 0 Å². The average molecular weight is 371 g/mol. The lowest BCUT2D eigenvalue weighted by Crippen LogP contribution is -2.51. The molecule has 1 fully saturated rings. The maximum absolute atomic E-state index is 12.9. The van der Waals surface area contributed by atoms with Crippen LogP contribution in [0.1, 0.15) is 34.2 Å². The highest BCUT2D eigenvalue weighted by Gasteiger charge is 2.31. The van der Waals surface area contributed by atoms with E-state index in [1.807, 2.05) is 37.3 Å². The summed E-state index contributed by atoms with van der Waals surface area (Å²) in [5, 5.41) is 9.33. The number of hydrogen-bond donors (Lipinski definition) is 1. The van der Waals surface area contributed by atoms with E-state index in [-0.39, 0.29) is 30.7 Å². The van der Waals surface area contributed by atoms with Gasteiger partial charge in [0, 0.05) is 19.5 Å². The molecule has 6 heteroatoms. The second-order valence-corrected chi connectivity index (χ2v) is 7.01. The number of carbonyl (C=O) groups is 1. The molecule has 1 N–H and O–H groups in total. The fourth-order valence-corrected chi connectivity index (χ4v) is 3.44. The second kappa shape index (κ2) is 8.50. The number of rotatable bonds is 5. The summed E-state index contributed by atoms with van der Waals surface area (Å²) in [5.74, 6) is 0.200. The third kappa shape index (κ3) is 4.64. The number of hydrogen-bond acceptors (Lipinski definition) is 5. The van der Waals surface area contributed by atoms with Crippen molar-refractivity contribution in [1.29, 1.82) is 0 Å². The molecule has 27 heavy (non-hydrogen) atoms. The molecule has 1 amide bonds. The molecule has 1 aliphatic rings. The van der Waals surface area contributed by atoms with Crippen molar-refractivity contribution in [2.75, 3.05) is 19.7 Å². The van der Waals surface area contributed by atoms with Gasteiger partial charge in [0.05, 0.1) is 18.8 Å². The first kappa shape index (κ1) is 19.3. The zero-order valence-electron chi connectivity index (χ0n) is 15.7. The van der Waals surface area contributed by atoms with Gasteiger partial charge >= 0.3 is 5.63 Å². The molecule has 0 radical (unpaired) electrons. The first-order chi connectivity index (χ1) is 13.0. The minimum atomic E-state index is -0.609. The molecule has 0 spiro atoms. The first-order valence-electron chi connectivity index (χ1n) is 9.21. The van der Waals surface area contributed by atoms with Crippen LogP contribution in [0.25, 0.3) is 0 Å². The van der Waals surface area contributed by atoms with Crippen molar-refractivity contribution in [2.24, 2.45) is 0 Å². The van der Waals surface area contributed by atoms with Gasteiger partial charge in [0.25, 0.3) is 5.91 Å². The maximum atomic E-state index is 12.9. The van der Waals surface area contributed by atoms with Crippen molar-refractivity contribution in [2.45, 2.75) is 38.9 Å². The second-order valence-electron chi connectivity index (χ2n) is 7.01. The Balaban J connectivity index is 1.76. The van der Waals surface area contributed by atoms with Crippen LogP contribution in [0.15, 0.2) is 45.6 Å². The standard InChI is InChI=1S/C21H25NO5/c1-14-10-17(9-8-16-6-4-3-5-7-16)27-21(25)19(14)20(24)22-11-15(2)26-18(12-22)13-23/h3-7,10,15,18,23H,8-9,11-13H2,1-2H3/t15-,18+/m1/s1. The van der Waals surface area contributed by atoms with Crippen molar-refractivity contribution in [1.82, 2.24) is 4.90 Å². The van der Waals surface area contributed by atoms with Crippen molar-refractivity contribution in [3.05, 3.63) is 69.3 Å². The van der Waals surface area contributed by atoms with E-state index in [1.54, 1.807) is 17.9 Å². The van der Waals surface area contributed by atoms with Gasteiger partial charge in [0.2, 0.25) is 0 Å². The fraction of sp³-hybridized carbons (Fsp3) is 0.429. The molecule has 1 aromatic carbocycles. The third-order valence-electron chi connectivity index (χ3n) is 4.73. The van der Waals surface area contributed by atoms with Gasteiger partial charge in [-0.1, -0.05) is 30.3 Å². The van der Waals surface area contributed by atoms with E-state index in [4.69, 9.17) is 9.15 Å². The molecule has 1 aromatic heterocycles. The summed E-state index contributed by atoms with van der Waals surface area (Å²) in [7, 11) is 0. The fourth-order valence-electron chi connectivity index (χ4n) is 3.44. The Bertz CT molecular complexity index is 845. The van der Waals surface area contributed by atoms with E-state index >= 15 is 0 Å². The lowest BCUT2D eigenvalue weighted by molar-refractivity contribution is -0.0859. The SMILES string of the molecule is Cc1cc(CCc2ccccc2)oc(=O)c1C(=O)N1C[C@@H](CO)O[C@H](C)C1. The van der Waals surface area contributed by atoms with Crippen molar-refractivity contribution in [3.63, 3.8) is 0 Å². The number of morpholine rings is 1. The summed E-state index contributed by atoms with van der Waals surface area (Å²) < 4.78 is 11.0. The first-order valence-corrected chi connectivity index (χ1v) is 9.21. The van der Waals surface area contributed by atoms with Crippen molar-refractivity contribution < 1.29 is 19.1 Å². The van der Waals surface area contributed by atoms with E-state index in [1.165, 1.54) is 0 Å². The van der Waals surface area contributed by atoms with Gasteiger partial charge in [-0.3, -0.25) is 4.79 Å². The predicted octanol–water partition coefficient (Wildman–Crippen LogP) is 1.96. The molecule has 0 unspecified atom stereocenters. The predicted molar refractivity (Wildman–Crippen MR) is 101 cm³/mol. The van der Waals surface area contributed by atoms with Crippen LogP contribution < -0.4 is 5.63 Å². The Morgan fingerprint density at radius 3 is 2.63 bits per heavy atom. The smallest absolute Gasteiger partial charge is 0.349 e. The largest absolute Gasteiger partial charge is 0.427 e. The molecule has 1 saturated heterocycles. The summed E-state index contributed by atoms with van der Waals surface area (Å²) in [6.07, 6.45) is 0.721. The number of aliphatic hydroxyl groups is 1. The number of nitrogens with zero attached hydrogens (tertiary/aromatic N) is 1. The number of aliphatic hydroxyl groups excluding tert-OH is 1. The molecule has 6 nitrogen and oxygen atoms in total. The molecule has 144 valence electrons. The van der Waals surface area contributed by atoms with Crippen molar-refractivity contribution >= 4 is 5.91 Å². The lowest BCUT2D eigenvalue weighted by Gasteiger charge is -2.36. The van der Waals surface area contributed by atoms with Crippen LogP contribution >= 0.6 is 0 Å². The van der Waals surface area contributed by atoms with Gasteiger partial charge in [-0.2, -0.15) is 0 Å². The topological polar surface area (TPSA) is 80.0 Å². The van der Waals surface area contributed by atoms with Gasteiger partial charge in [0.1, 0.15) is 11.3 Å². The number of carbonyl (C=O) groups excluding carboxylic acids is 1. The van der Waals surface area contributed by atoms with Crippen LogP contribution in [0.2, 0.25) is 0 Å². The lowest BCUT2D eigenvalue weighted by atomic mass is 10.1. The monoisotopic (exact) mass is 371 g/mol. The highest BCUT2D eigenvalue weighted by molar-refractivity contribution is 5.95. The van der Waals surface area contributed by atoms with Crippen LogP contribution in [0.5, 0.6) is 0 Å². The van der Waals surface area contributed by atoms with E-state index in [0.29, 0.717) is 24.3 Å². The average Bonchev–Trinajstić information content (AvgIpc) is 2.66. The molecule has 2 heterocycles. The molecule has 0 aliphatic carbocycles. The normalized spacial score (nSPS) is 19.9. The zero-order valence-corrected chi connectivity index (χ0v) is 15.7. The molecular weight excluding hydrogens is 346 g/mol. The van der Waals surface area contributed by atoms with Gasteiger partial charge in [-0.25, -0.2) is 4.79 Å². The van der Waals surface area contributed by atoms with Crippen molar-refractivity contribution in [3.8, 4) is 0 Å². The molecular formula is C21H25NO5. The van der Waals surface area contributed by atoms with Gasteiger partial charge in [-0.15, -0.1) is 0 Å². The Labute approximate surface area is 158 Å². The molecule has 2 atom stereocenters. The van der Waals surface area contributed by atoms with E-state index in [9.17, 15) is 14.7 Å². The van der Waals surface area contributed by atoms with Crippen LogP contribution in [0, 0.1) is 6.92 Å². The summed E-state index contributed by atoms with van der Waals surface area (Å²) in [6.45, 7) is 4.06. The molecule has 0 saturated carbocycles. The van der Waals surface area contributed by atoms with Gasteiger partial charge < -0.3 is 19.2 Å². The number of amides is 1. The van der Waals surface area contributed by atoms with E-state index in [0.717, 1.165) is 12.0 Å². The van der Waals surface area contributed by atoms with E-state index < -0.39 is 11.7 Å². The summed E-state index contributed by atoms with van der Waals surface area (Å²) >= 11 is 0. The Morgan fingerprint density at radius 2 is 1.96 bits per heavy atom. The van der Waals surface area contributed by atoms with Gasteiger partial charge in [0.15, 0.2) is 0 Å². The minimum Gasteiger partial charge on any atom is -0.427 e. The highest BCUT2D eigenvalue weighted by atomic mass is 16.5. The van der Waals surface area contributed by atoms with E-state index in [2.05, 4.69) is 0 Å². The van der Waals surface area contributed by atoms with Crippen LogP contribution in [-0.4, -0.2) is 47.8 Å². The Hall–Kier alpha value is -2.44.